The van der Waals surface area contributed by atoms with Crippen LogP contribution in [-0.4, -0.2) is 29.3 Å². The predicted octanol–water partition coefficient (Wildman–Crippen LogP) is 4.02. The van der Waals surface area contributed by atoms with Gasteiger partial charge in [-0.15, -0.1) is 0 Å². The Kier molecular flexibility index (Phi) is 6.94. The first-order valence-corrected chi connectivity index (χ1v) is 10.7. The van der Waals surface area contributed by atoms with Crippen LogP contribution in [0.1, 0.15) is 35.2 Å². The van der Waals surface area contributed by atoms with E-state index in [0.717, 1.165) is 17.0 Å². The van der Waals surface area contributed by atoms with Crippen molar-refractivity contribution in [3.63, 3.8) is 0 Å². The molecule has 168 valence electrons. The maximum absolute atomic E-state index is 12.3. The van der Waals surface area contributed by atoms with Gasteiger partial charge in [0, 0.05) is 47.9 Å². The number of hydrogen-bond donors (Lipinski definition) is 3. The Morgan fingerprint density at radius 2 is 1.76 bits per heavy atom. The number of aromatic nitrogens is 1. The Balaban J connectivity index is 1.22. The molecular weight excluding hydrogens is 420 g/mol. The van der Waals surface area contributed by atoms with Gasteiger partial charge >= 0.3 is 0 Å². The van der Waals surface area contributed by atoms with Gasteiger partial charge < -0.3 is 20.7 Å². The lowest BCUT2D eigenvalue weighted by molar-refractivity contribution is -0.117. The van der Waals surface area contributed by atoms with Crippen LogP contribution in [0.4, 0.5) is 17.1 Å². The van der Waals surface area contributed by atoms with Crippen LogP contribution in [0.25, 0.3) is 0 Å². The normalized spacial score (nSPS) is 12.3. The van der Waals surface area contributed by atoms with E-state index in [9.17, 15) is 14.4 Å². The summed E-state index contributed by atoms with van der Waals surface area (Å²) in [6.45, 7) is 0.403. The minimum Gasteiger partial charge on any atom is -0.494 e. The van der Waals surface area contributed by atoms with Crippen LogP contribution in [0.15, 0.2) is 67.0 Å². The summed E-state index contributed by atoms with van der Waals surface area (Å²) in [6.07, 6.45) is 5.14. The monoisotopic (exact) mass is 444 g/mol. The van der Waals surface area contributed by atoms with Crippen LogP contribution >= 0.6 is 0 Å². The second kappa shape index (κ2) is 10.4. The third kappa shape index (κ3) is 6.16. The summed E-state index contributed by atoms with van der Waals surface area (Å²) >= 11 is 0. The van der Waals surface area contributed by atoms with Crippen molar-refractivity contribution < 1.29 is 19.1 Å². The van der Waals surface area contributed by atoms with Gasteiger partial charge in [-0.1, -0.05) is 6.07 Å². The summed E-state index contributed by atoms with van der Waals surface area (Å²) < 4.78 is 5.76. The molecule has 0 atom stereocenters. The standard InChI is InChI=1S/C25H24N4O4/c30-23(5-2-14-33-21-7-8-22-18(15-21)6-9-24(31)29-22)27-19-3-1-4-20(16-19)28-25(32)17-10-12-26-13-11-17/h1,3-4,7-8,10-13,15-16H,2,5-6,9,14H2,(H,27,30)(H,28,32)(H,29,31). The second-order valence-electron chi connectivity index (χ2n) is 7.64. The molecule has 1 aliphatic heterocycles. The average Bonchev–Trinajstić information content (AvgIpc) is 2.82. The Bertz CT molecular complexity index is 1160. The third-order valence-corrected chi connectivity index (χ3v) is 5.14. The van der Waals surface area contributed by atoms with Gasteiger partial charge in [-0.2, -0.15) is 0 Å². The van der Waals surface area contributed by atoms with Gasteiger partial charge in [-0.3, -0.25) is 19.4 Å². The lowest BCUT2D eigenvalue weighted by Crippen LogP contribution is -2.18. The fourth-order valence-corrected chi connectivity index (χ4v) is 3.48. The molecule has 1 aliphatic rings. The van der Waals surface area contributed by atoms with Crippen LogP contribution in [0.2, 0.25) is 0 Å². The topological polar surface area (TPSA) is 109 Å². The van der Waals surface area contributed by atoms with Gasteiger partial charge in [-0.05, 0) is 66.9 Å². The zero-order chi connectivity index (χ0) is 23.0. The van der Waals surface area contributed by atoms with Crippen molar-refractivity contribution in [1.82, 2.24) is 4.98 Å². The molecule has 0 saturated carbocycles. The second-order valence-corrected chi connectivity index (χ2v) is 7.64. The van der Waals surface area contributed by atoms with Gasteiger partial charge in [-0.25, -0.2) is 0 Å². The van der Waals surface area contributed by atoms with E-state index in [2.05, 4.69) is 20.9 Å². The first-order chi connectivity index (χ1) is 16.1. The molecule has 0 radical (unpaired) electrons. The van der Waals surface area contributed by atoms with Gasteiger partial charge in [0.25, 0.3) is 5.91 Å². The van der Waals surface area contributed by atoms with Crippen molar-refractivity contribution in [1.29, 1.82) is 0 Å². The molecule has 4 rings (SSSR count). The highest BCUT2D eigenvalue weighted by molar-refractivity contribution is 6.04. The van der Waals surface area contributed by atoms with Crippen LogP contribution in [0, 0.1) is 0 Å². The summed E-state index contributed by atoms with van der Waals surface area (Å²) in [4.78, 5) is 39.9. The zero-order valence-electron chi connectivity index (χ0n) is 18.0. The highest BCUT2D eigenvalue weighted by Gasteiger charge is 2.15. The Morgan fingerprint density at radius 3 is 2.58 bits per heavy atom. The van der Waals surface area contributed by atoms with E-state index in [1.165, 1.54) is 0 Å². The fraction of sp³-hybridized carbons (Fsp3) is 0.200. The van der Waals surface area contributed by atoms with Gasteiger partial charge in [0.05, 0.1) is 6.61 Å². The summed E-state index contributed by atoms with van der Waals surface area (Å²) in [5, 5.41) is 8.49. The number of amides is 3. The Labute approximate surface area is 191 Å². The first-order valence-electron chi connectivity index (χ1n) is 10.7. The fourth-order valence-electron chi connectivity index (χ4n) is 3.48. The third-order valence-electron chi connectivity index (χ3n) is 5.14. The van der Waals surface area contributed by atoms with E-state index in [0.29, 0.717) is 49.2 Å². The molecule has 0 fully saturated rings. The van der Waals surface area contributed by atoms with Crippen LogP contribution < -0.4 is 20.7 Å². The molecule has 2 heterocycles. The van der Waals surface area contributed by atoms with Crippen molar-refractivity contribution in [3.8, 4) is 5.75 Å². The molecule has 3 aromatic rings. The molecule has 0 bridgehead atoms. The minimum atomic E-state index is -0.248. The average molecular weight is 444 g/mol. The van der Waals surface area contributed by atoms with E-state index in [1.54, 1.807) is 48.8 Å². The number of anilines is 3. The predicted molar refractivity (Wildman–Crippen MR) is 125 cm³/mol. The molecule has 33 heavy (non-hydrogen) atoms. The van der Waals surface area contributed by atoms with E-state index in [4.69, 9.17) is 4.74 Å². The summed E-state index contributed by atoms with van der Waals surface area (Å²) in [7, 11) is 0. The molecule has 0 unspecified atom stereocenters. The van der Waals surface area contributed by atoms with Crippen LogP contribution in [-0.2, 0) is 16.0 Å². The maximum atomic E-state index is 12.3. The summed E-state index contributed by atoms with van der Waals surface area (Å²) in [6, 6.07) is 15.8. The number of carbonyl (C=O) groups excluding carboxylic acids is 3. The highest BCUT2D eigenvalue weighted by Crippen LogP contribution is 2.27. The molecule has 3 amide bonds. The molecule has 2 aromatic carbocycles. The molecular formula is C25H24N4O4. The number of fused-ring (bicyclic) bond motifs is 1. The molecule has 0 saturated heterocycles. The van der Waals surface area contributed by atoms with E-state index in [-0.39, 0.29) is 17.7 Å². The number of nitrogens with one attached hydrogen (secondary N) is 3. The van der Waals surface area contributed by atoms with Crippen molar-refractivity contribution in [2.24, 2.45) is 0 Å². The molecule has 1 aromatic heterocycles. The Hall–Kier alpha value is -4.20. The number of rotatable bonds is 8. The zero-order valence-corrected chi connectivity index (χ0v) is 18.0. The number of benzene rings is 2. The summed E-state index contributed by atoms with van der Waals surface area (Å²) in [5.74, 6) is 0.374. The molecule has 0 aliphatic carbocycles. The van der Waals surface area contributed by atoms with E-state index >= 15 is 0 Å². The minimum absolute atomic E-state index is 0.0313. The number of nitrogens with zero attached hydrogens (tertiary/aromatic N) is 1. The van der Waals surface area contributed by atoms with E-state index < -0.39 is 0 Å². The van der Waals surface area contributed by atoms with Crippen molar-refractivity contribution in [2.75, 3.05) is 22.6 Å². The van der Waals surface area contributed by atoms with Gasteiger partial charge in [0.1, 0.15) is 5.75 Å². The van der Waals surface area contributed by atoms with E-state index in [1.807, 2.05) is 18.2 Å². The van der Waals surface area contributed by atoms with Crippen LogP contribution in [0.5, 0.6) is 5.75 Å². The number of hydrogen-bond acceptors (Lipinski definition) is 5. The lowest BCUT2D eigenvalue weighted by atomic mass is 10.0. The van der Waals surface area contributed by atoms with Crippen molar-refractivity contribution >= 4 is 34.8 Å². The molecule has 3 N–H and O–H groups in total. The maximum Gasteiger partial charge on any atom is 0.255 e. The smallest absolute Gasteiger partial charge is 0.255 e. The molecule has 0 spiro atoms. The van der Waals surface area contributed by atoms with Crippen LogP contribution in [0.3, 0.4) is 0 Å². The molecule has 8 heteroatoms. The van der Waals surface area contributed by atoms with Crippen molar-refractivity contribution in [3.05, 3.63) is 78.1 Å². The Morgan fingerprint density at radius 1 is 0.970 bits per heavy atom. The van der Waals surface area contributed by atoms with Gasteiger partial charge in [0.2, 0.25) is 11.8 Å². The number of carbonyl (C=O) groups is 3. The summed E-state index contributed by atoms with van der Waals surface area (Å²) in [5.41, 5.74) is 3.58. The van der Waals surface area contributed by atoms with Crippen molar-refractivity contribution in [2.45, 2.75) is 25.7 Å². The number of aryl methyl sites for hydroxylation is 1. The first kappa shape index (κ1) is 22.0. The number of ether oxygens (including phenoxy) is 1. The van der Waals surface area contributed by atoms with Gasteiger partial charge in [0.15, 0.2) is 0 Å². The largest absolute Gasteiger partial charge is 0.494 e. The lowest BCUT2D eigenvalue weighted by Gasteiger charge is -2.17. The SMILES string of the molecule is O=C(CCCOc1ccc2c(c1)CCC(=O)N2)Nc1cccc(NC(=O)c2ccncc2)c1. The number of pyridine rings is 1. The molecule has 8 nitrogen and oxygen atoms in total. The quantitative estimate of drug-likeness (QED) is 0.455. The highest BCUT2D eigenvalue weighted by atomic mass is 16.5.